The standard InChI is InChI=1S/C18H18O4/c1-11-9-16(13(3)19)17(10-12(11)2)22-18(20)14-5-7-15(21-4)8-6-14/h5-10H,1-4H3. The minimum atomic E-state index is -0.506. The summed E-state index contributed by atoms with van der Waals surface area (Å²) >= 11 is 0. The summed E-state index contributed by atoms with van der Waals surface area (Å²) in [4.78, 5) is 23.9. The summed E-state index contributed by atoms with van der Waals surface area (Å²) in [6.45, 7) is 5.27. The Labute approximate surface area is 129 Å². The van der Waals surface area contributed by atoms with Gasteiger partial charge < -0.3 is 9.47 Å². The van der Waals surface area contributed by atoms with Crippen molar-refractivity contribution in [2.75, 3.05) is 7.11 Å². The highest BCUT2D eigenvalue weighted by Crippen LogP contribution is 2.25. The van der Waals surface area contributed by atoms with Crippen molar-refractivity contribution in [1.29, 1.82) is 0 Å². The van der Waals surface area contributed by atoms with E-state index in [1.807, 2.05) is 13.8 Å². The van der Waals surface area contributed by atoms with Crippen molar-refractivity contribution >= 4 is 11.8 Å². The van der Waals surface area contributed by atoms with Crippen LogP contribution < -0.4 is 9.47 Å². The number of benzene rings is 2. The fourth-order valence-corrected chi connectivity index (χ4v) is 2.04. The molecular formula is C18H18O4. The van der Waals surface area contributed by atoms with Crippen molar-refractivity contribution in [3.63, 3.8) is 0 Å². The maximum Gasteiger partial charge on any atom is 0.343 e. The van der Waals surface area contributed by atoms with Gasteiger partial charge in [0, 0.05) is 0 Å². The van der Waals surface area contributed by atoms with E-state index in [2.05, 4.69) is 0 Å². The van der Waals surface area contributed by atoms with E-state index in [4.69, 9.17) is 9.47 Å². The maximum absolute atomic E-state index is 12.2. The van der Waals surface area contributed by atoms with Gasteiger partial charge in [-0.25, -0.2) is 4.79 Å². The lowest BCUT2D eigenvalue weighted by molar-refractivity contribution is 0.0732. The van der Waals surface area contributed by atoms with E-state index in [1.165, 1.54) is 6.92 Å². The lowest BCUT2D eigenvalue weighted by Gasteiger charge is -2.11. The van der Waals surface area contributed by atoms with Crippen LogP contribution in [0.3, 0.4) is 0 Å². The molecule has 22 heavy (non-hydrogen) atoms. The Morgan fingerprint density at radius 3 is 2.09 bits per heavy atom. The third kappa shape index (κ3) is 3.34. The Morgan fingerprint density at radius 2 is 1.55 bits per heavy atom. The molecule has 0 aliphatic rings. The summed E-state index contributed by atoms with van der Waals surface area (Å²) in [5, 5.41) is 0. The molecule has 0 radical (unpaired) electrons. The summed E-state index contributed by atoms with van der Waals surface area (Å²) in [5.41, 5.74) is 2.75. The number of carbonyl (C=O) groups is 2. The first-order chi connectivity index (χ1) is 10.4. The summed E-state index contributed by atoms with van der Waals surface area (Å²) in [7, 11) is 1.56. The van der Waals surface area contributed by atoms with Crippen LogP contribution in [0, 0.1) is 13.8 Å². The Morgan fingerprint density at radius 1 is 0.955 bits per heavy atom. The van der Waals surface area contributed by atoms with Crippen molar-refractivity contribution < 1.29 is 19.1 Å². The minimum absolute atomic E-state index is 0.138. The third-order valence-electron chi connectivity index (χ3n) is 3.50. The summed E-state index contributed by atoms with van der Waals surface area (Å²) in [6.07, 6.45) is 0. The maximum atomic E-state index is 12.2. The van der Waals surface area contributed by atoms with Crippen LogP contribution in [0.1, 0.15) is 38.8 Å². The average molecular weight is 298 g/mol. The predicted octanol–water partition coefficient (Wildman–Crippen LogP) is 3.73. The van der Waals surface area contributed by atoms with E-state index in [1.54, 1.807) is 43.5 Å². The molecule has 114 valence electrons. The first-order valence-corrected chi connectivity index (χ1v) is 6.90. The molecule has 0 aliphatic carbocycles. The van der Waals surface area contributed by atoms with E-state index >= 15 is 0 Å². The number of aryl methyl sites for hydroxylation is 2. The van der Waals surface area contributed by atoms with Crippen LogP contribution >= 0.6 is 0 Å². The second-order valence-corrected chi connectivity index (χ2v) is 5.11. The molecule has 0 bridgehead atoms. The molecule has 2 aromatic carbocycles. The Balaban J connectivity index is 2.31. The SMILES string of the molecule is COc1ccc(C(=O)Oc2cc(C)c(C)cc2C(C)=O)cc1. The highest BCUT2D eigenvalue weighted by molar-refractivity contribution is 5.99. The summed E-state index contributed by atoms with van der Waals surface area (Å²) in [6, 6.07) is 10.1. The third-order valence-corrected chi connectivity index (χ3v) is 3.50. The van der Waals surface area contributed by atoms with Crippen molar-refractivity contribution in [2.45, 2.75) is 20.8 Å². The largest absolute Gasteiger partial charge is 0.497 e. The van der Waals surface area contributed by atoms with Gasteiger partial charge in [0.15, 0.2) is 5.78 Å². The topological polar surface area (TPSA) is 52.6 Å². The van der Waals surface area contributed by atoms with Crippen LogP contribution in [-0.2, 0) is 0 Å². The Hall–Kier alpha value is -2.62. The Bertz CT molecular complexity index is 715. The average Bonchev–Trinajstić information content (AvgIpc) is 2.50. The van der Waals surface area contributed by atoms with Crippen LogP contribution in [0.25, 0.3) is 0 Å². The molecular weight excluding hydrogens is 280 g/mol. The first-order valence-electron chi connectivity index (χ1n) is 6.90. The fourth-order valence-electron chi connectivity index (χ4n) is 2.04. The monoisotopic (exact) mass is 298 g/mol. The number of ether oxygens (including phenoxy) is 2. The van der Waals surface area contributed by atoms with Gasteiger partial charge in [-0.05, 0) is 68.3 Å². The second kappa shape index (κ2) is 6.43. The van der Waals surface area contributed by atoms with Gasteiger partial charge in [-0.3, -0.25) is 4.79 Å². The number of rotatable bonds is 4. The zero-order chi connectivity index (χ0) is 16.3. The zero-order valence-electron chi connectivity index (χ0n) is 13.1. The van der Waals surface area contributed by atoms with E-state index in [0.717, 1.165) is 11.1 Å². The van der Waals surface area contributed by atoms with Crippen molar-refractivity contribution in [3.05, 3.63) is 58.7 Å². The van der Waals surface area contributed by atoms with Gasteiger partial charge in [-0.2, -0.15) is 0 Å². The number of methoxy groups -OCH3 is 1. The molecule has 2 aromatic rings. The van der Waals surface area contributed by atoms with Gasteiger partial charge >= 0.3 is 5.97 Å². The molecule has 0 saturated heterocycles. The molecule has 0 unspecified atom stereocenters. The van der Waals surface area contributed by atoms with Crippen LogP contribution in [0.15, 0.2) is 36.4 Å². The molecule has 0 atom stereocenters. The molecule has 0 amide bonds. The molecule has 0 fully saturated rings. The molecule has 0 N–H and O–H groups in total. The molecule has 0 spiro atoms. The van der Waals surface area contributed by atoms with Gasteiger partial charge in [0.2, 0.25) is 0 Å². The summed E-state index contributed by atoms with van der Waals surface area (Å²) < 4.78 is 10.5. The van der Waals surface area contributed by atoms with E-state index in [0.29, 0.717) is 16.9 Å². The minimum Gasteiger partial charge on any atom is -0.497 e. The van der Waals surface area contributed by atoms with E-state index in [9.17, 15) is 9.59 Å². The fraction of sp³-hybridized carbons (Fsp3) is 0.222. The highest BCUT2D eigenvalue weighted by Gasteiger charge is 2.15. The van der Waals surface area contributed by atoms with Gasteiger partial charge in [0.05, 0.1) is 18.2 Å². The van der Waals surface area contributed by atoms with Gasteiger partial charge in [-0.15, -0.1) is 0 Å². The molecule has 4 nitrogen and oxygen atoms in total. The molecule has 4 heteroatoms. The lowest BCUT2D eigenvalue weighted by Crippen LogP contribution is -2.11. The van der Waals surface area contributed by atoms with Gasteiger partial charge in [0.1, 0.15) is 11.5 Å². The summed E-state index contributed by atoms with van der Waals surface area (Å²) in [5.74, 6) is 0.303. The van der Waals surface area contributed by atoms with E-state index in [-0.39, 0.29) is 11.5 Å². The van der Waals surface area contributed by atoms with Gasteiger partial charge in [-0.1, -0.05) is 0 Å². The molecule has 0 aliphatic heterocycles. The van der Waals surface area contributed by atoms with Crippen LogP contribution in [0.4, 0.5) is 0 Å². The predicted molar refractivity (Wildman–Crippen MR) is 83.9 cm³/mol. The smallest absolute Gasteiger partial charge is 0.343 e. The molecule has 0 saturated carbocycles. The van der Waals surface area contributed by atoms with Crippen LogP contribution in [0.5, 0.6) is 11.5 Å². The van der Waals surface area contributed by atoms with Crippen molar-refractivity contribution in [2.24, 2.45) is 0 Å². The van der Waals surface area contributed by atoms with Crippen molar-refractivity contribution in [1.82, 2.24) is 0 Å². The number of Topliss-reactive ketones (excluding diaryl/α,β-unsaturated/α-hetero) is 1. The van der Waals surface area contributed by atoms with Gasteiger partial charge in [0.25, 0.3) is 0 Å². The second-order valence-electron chi connectivity index (χ2n) is 5.11. The normalized spacial score (nSPS) is 10.2. The number of ketones is 1. The molecule has 2 rings (SSSR count). The number of esters is 1. The quantitative estimate of drug-likeness (QED) is 0.490. The zero-order valence-corrected chi connectivity index (χ0v) is 13.1. The first kappa shape index (κ1) is 15.8. The number of hydrogen-bond acceptors (Lipinski definition) is 4. The van der Waals surface area contributed by atoms with Crippen LogP contribution in [0.2, 0.25) is 0 Å². The number of hydrogen-bond donors (Lipinski definition) is 0. The number of carbonyl (C=O) groups excluding carboxylic acids is 2. The lowest BCUT2D eigenvalue weighted by atomic mass is 10.0. The van der Waals surface area contributed by atoms with E-state index < -0.39 is 5.97 Å². The van der Waals surface area contributed by atoms with Crippen LogP contribution in [-0.4, -0.2) is 18.9 Å². The molecule has 0 aromatic heterocycles. The molecule has 0 heterocycles. The Kier molecular flexibility index (Phi) is 4.61. The highest BCUT2D eigenvalue weighted by atomic mass is 16.5. The van der Waals surface area contributed by atoms with Crippen molar-refractivity contribution in [3.8, 4) is 11.5 Å².